The van der Waals surface area contributed by atoms with Crippen LogP contribution in [0.3, 0.4) is 0 Å². The molecular weight excluding hydrogens is 336 g/mol. The van der Waals surface area contributed by atoms with E-state index in [-0.39, 0.29) is 35.9 Å². The van der Waals surface area contributed by atoms with Crippen molar-refractivity contribution < 1.29 is 9.53 Å². The lowest BCUT2D eigenvalue weighted by Crippen LogP contribution is -2.76. The number of carbonyl (C=O) groups excluding carboxylic acids is 1. The SMILES string of the molecule is CCOC1CC(N)(C(=O)NC2CCC(C(C)(C)CC)CC2)C1(C)C.Cl. The Balaban J connectivity index is 0.00000312. The molecule has 0 spiro atoms. The van der Waals surface area contributed by atoms with Crippen molar-refractivity contribution in [2.75, 3.05) is 6.61 Å². The first-order chi connectivity index (χ1) is 11.1. The van der Waals surface area contributed by atoms with Crippen molar-refractivity contribution in [2.45, 2.75) is 97.8 Å². The van der Waals surface area contributed by atoms with E-state index < -0.39 is 5.54 Å². The minimum Gasteiger partial charge on any atom is -0.378 e. The smallest absolute Gasteiger partial charge is 0.241 e. The molecule has 2 aliphatic rings. The number of nitrogens with one attached hydrogen (secondary N) is 1. The molecule has 3 N–H and O–H groups in total. The lowest BCUT2D eigenvalue weighted by atomic mass is 9.54. The van der Waals surface area contributed by atoms with Gasteiger partial charge in [0.05, 0.1) is 6.10 Å². The summed E-state index contributed by atoms with van der Waals surface area (Å²) in [7, 11) is 0. The van der Waals surface area contributed by atoms with E-state index in [9.17, 15) is 4.79 Å². The predicted octanol–water partition coefficient (Wildman–Crippen LogP) is 4.05. The number of hydrogen-bond acceptors (Lipinski definition) is 3. The van der Waals surface area contributed by atoms with Crippen molar-refractivity contribution in [3.05, 3.63) is 0 Å². The van der Waals surface area contributed by atoms with Gasteiger partial charge in [0, 0.05) is 24.5 Å². The Morgan fingerprint density at radius 3 is 2.20 bits per heavy atom. The predicted molar refractivity (Wildman–Crippen MR) is 106 cm³/mol. The summed E-state index contributed by atoms with van der Waals surface area (Å²) in [6.07, 6.45) is 6.48. The van der Waals surface area contributed by atoms with E-state index in [0.29, 0.717) is 18.4 Å². The van der Waals surface area contributed by atoms with Gasteiger partial charge < -0.3 is 15.8 Å². The molecule has 0 saturated heterocycles. The molecule has 0 aromatic heterocycles. The molecule has 2 fully saturated rings. The summed E-state index contributed by atoms with van der Waals surface area (Å²) in [4.78, 5) is 12.8. The average Bonchev–Trinajstić information content (AvgIpc) is 2.54. The van der Waals surface area contributed by atoms with Crippen LogP contribution >= 0.6 is 12.4 Å². The van der Waals surface area contributed by atoms with Crippen LogP contribution in [0.5, 0.6) is 0 Å². The Morgan fingerprint density at radius 1 is 1.20 bits per heavy atom. The maximum atomic E-state index is 12.8. The highest BCUT2D eigenvalue weighted by Crippen LogP contribution is 2.50. The van der Waals surface area contributed by atoms with E-state index in [1.165, 1.54) is 19.3 Å². The summed E-state index contributed by atoms with van der Waals surface area (Å²) < 4.78 is 5.73. The van der Waals surface area contributed by atoms with Crippen molar-refractivity contribution in [1.29, 1.82) is 0 Å². The lowest BCUT2D eigenvalue weighted by molar-refractivity contribution is -0.171. The van der Waals surface area contributed by atoms with Gasteiger partial charge in [-0.15, -0.1) is 12.4 Å². The summed E-state index contributed by atoms with van der Waals surface area (Å²) in [5, 5.41) is 3.25. The second-order valence-corrected chi connectivity index (χ2v) is 9.21. The molecule has 2 saturated carbocycles. The number of rotatable bonds is 6. The van der Waals surface area contributed by atoms with Gasteiger partial charge in [-0.25, -0.2) is 0 Å². The molecule has 0 bridgehead atoms. The van der Waals surface area contributed by atoms with Crippen LogP contribution in [0.25, 0.3) is 0 Å². The normalized spacial score (nSPS) is 34.6. The van der Waals surface area contributed by atoms with Gasteiger partial charge in [0.15, 0.2) is 0 Å². The van der Waals surface area contributed by atoms with Gasteiger partial charge in [0.25, 0.3) is 0 Å². The van der Waals surface area contributed by atoms with Crippen LogP contribution < -0.4 is 11.1 Å². The van der Waals surface area contributed by atoms with Gasteiger partial charge >= 0.3 is 0 Å². The highest BCUT2D eigenvalue weighted by molar-refractivity contribution is 5.89. The van der Waals surface area contributed by atoms with Crippen LogP contribution in [0.2, 0.25) is 0 Å². The molecule has 0 heterocycles. The van der Waals surface area contributed by atoms with E-state index in [1.807, 2.05) is 6.92 Å². The number of amides is 1. The van der Waals surface area contributed by atoms with E-state index in [1.54, 1.807) is 0 Å². The molecule has 148 valence electrons. The third-order valence-corrected chi connectivity index (χ3v) is 7.31. The molecule has 5 heteroatoms. The summed E-state index contributed by atoms with van der Waals surface area (Å²) in [6, 6.07) is 0.281. The van der Waals surface area contributed by atoms with Crippen LogP contribution in [-0.4, -0.2) is 30.2 Å². The number of nitrogens with two attached hydrogens (primary N) is 1. The van der Waals surface area contributed by atoms with Crippen molar-refractivity contribution in [3.8, 4) is 0 Å². The fourth-order valence-electron chi connectivity index (χ4n) is 4.44. The molecule has 0 aromatic rings. The zero-order chi connectivity index (χ0) is 18.2. The summed E-state index contributed by atoms with van der Waals surface area (Å²) >= 11 is 0. The zero-order valence-corrected chi connectivity index (χ0v) is 17.8. The quantitative estimate of drug-likeness (QED) is 0.737. The molecule has 0 aromatic carbocycles. The van der Waals surface area contributed by atoms with Crippen LogP contribution in [0, 0.1) is 16.7 Å². The van der Waals surface area contributed by atoms with E-state index in [4.69, 9.17) is 10.5 Å². The summed E-state index contributed by atoms with van der Waals surface area (Å²) in [6.45, 7) is 13.8. The van der Waals surface area contributed by atoms with Gasteiger partial charge in [-0.05, 0) is 43.9 Å². The molecule has 4 nitrogen and oxygen atoms in total. The molecule has 25 heavy (non-hydrogen) atoms. The highest BCUT2D eigenvalue weighted by atomic mass is 35.5. The van der Waals surface area contributed by atoms with Gasteiger partial charge in [0.1, 0.15) is 5.54 Å². The maximum absolute atomic E-state index is 12.8. The van der Waals surface area contributed by atoms with Crippen molar-refractivity contribution in [1.82, 2.24) is 5.32 Å². The van der Waals surface area contributed by atoms with Crippen molar-refractivity contribution >= 4 is 18.3 Å². The van der Waals surface area contributed by atoms with Crippen LogP contribution in [0.15, 0.2) is 0 Å². The van der Waals surface area contributed by atoms with E-state index in [2.05, 4.69) is 39.9 Å². The minimum absolute atomic E-state index is 0. The summed E-state index contributed by atoms with van der Waals surface area (Å²) in [5.74, 6) is 0.784. The molecule has 1 amide bonds. The second kappa shape index (κ2) is 8.14. The first-order valence-corrected chi connectivity index (χ1v) is 9.80. The molecule has 0 aliphatic heterocycles. The van der Waals surface area contributed by atoms with Crippen molar-refractivity contribution in [3.63, 3.8) is 0 Å². The van der Waals surface area contributed by atoms with Gasteiger partial charge in [-0.1, -0.05) is 41.0 Å². The third-order valence-electron chi connectivity index (χ3n) is 7.31. The Kier molecular flexibility index (Phi) is 7.40. The van der Waals surface area contributed by atoms with E-state index in [0.717, 1.165) is 18.8 Å². The number of carbonyl (C=O) groups is 1. The highest BCUT2D eigenvalue weighted by Gasteiger charge is 2.63. The fourth-order valence-corrected chi connectivity index (χ4v) is 4.44. The average molecular weight is 375 g/mol. The van der Waals surface area contributed by atoms with Gasteiger partial charge in [0.2, 0.25) is 5.91 Å². The van der Waals surface area contributed by atoms with Gasteiger partial charge in [-0.2, -0.15) is 0 Å². The third kappa shape index (κ3) is 4.17. The molecule has 2 rings (SSSR count). The lowest BCUT2D eigenvalue weighted by Gasteiger charge is -2.58. The Morgan fingerprint density at radius 2 is 1.76 bits per heavy atom. The number of halogens is 1. The second-order valence-electron chi connectivity index (χ2n) is 9.21. The maximum Gasteiger partial charge on any atom is 0.241 e. The van der Waals surface area contributed by atoms with Crippen LogP contribution in [0.1, 0.15) is 80.1 Å². The van der Waals surface area contributed by atoms with Gasteiger partial charge in [-0.3, -0.25) is 4.79 Å². The Bertz CT molecular complexity index is 459. The fraction of sp³-hybridized carbons (Fsp3) is 0.950. The van der Waals surface area contributed by atoms with Crippen molar-refractivity contribution in [2.24, 2.45) is 22.5 Å². The molecule has 2 aliphatic carbocycles. The molecule has 0 radical (unpaired) electrons. The molecule has 2 atom stereocenters. The summed E-state index contributed by atoms with van der Waals surface area (Å²) in [5.41, 5.74) is 5.79. The number of hydrogen-bond donors (Lipinski definition) is 2. The standard InChI is InChI=1S/C20H38N2O2.ClH/c1-7-18(3,4)14-9-11-15(12-10-14)22-17(23)20(21)13-16(24-8-2)19(20,5)6;/h14-16H,7-13,21H2,1-6H3,(H,22,23);1H. The minimum atomic E-state index is -0.799. The zero-order valence-electron chi connectivity index (χ0n) is 17.0. The monoisotopic (exact) mass is 374 g/mol. The largest absolute Gasteiger partial charge is 0.378 e. The van der Waals surface area contributed by atoms with E-state index >= 15 is 0 Å². The van der Waals surface area contributed by atoms with Crippen LogP contribution in [0.4, 0.5) is 0 Å². The molecular formula is C20H39ClN2O2. The first kappa shape index (κ1) is 22.7. The Hall–Kier alpha value is -0.320. The topological polar surface area (TPSA) is 64.3 Å². The van der Waals surface area contributed by atoms with Crippen LogP contribution in [-0.2, 0) is 9.53 Å². The number of ether oxygens (including phenoxy) is 1. The molecule has 2 unspecified atom stereocenters. The first-order valence-electron chi connectivity index (χ1n) is 9.80. The Labute approximate surface area is 160 Å².